The predicted octanol–water partition coefficient (Wildman–Crippen LogP) is 0.708. The van der Waals surface area contributed by atoms with Crippen molar-refractivity contribution in [3.63, 3.8) is 0 Å². The lowest BCUT2D eigenvalue weighted by Crippen LogP contribution is -2.47. The molecule has 0 saturated carbocycles. The molecule has 1 aliphatic rings. The molecule has 1 aliphatic heterocycles. The van der Waals surface area contributed by atoms with Crippen molar-refractivity contribution in [2.75, 3.05) is 0 Å². The van der Waals surface area contributed by atoms with E-state index in [-0.39, 0.29) is 12.0 Å². The highest BCUT2D eigenvalue weighted by molar-refractivity contribution is 5.76. The van der Waals surface area contributed by atoms with Gasteiger partial charge in [-0.2, -0.15) is 0 Å². The lowest BCUT2D eigenvalue weighted by Gasteiger charge is -2.25. The van der Waals surface area contributed by atoms with Crippen LogP contribution < -0.4 is 10.9 Å². The van der Waals surface area contributed by atoms with Crippen LogP contribution >= 0.6 is 0 Å². The van der Waals surface area contributed by atoms with E-state index < -0.39 is 5.60 Å². The van der Waals surface area contributed by atoms with Gasteiger partial charge in [0.2, 0.25) is 0 Å². The lowest BCUT2D eigenvalue weighted by atomic mass is 10.1. The zero-order valence-corrected chi connectivity index (χ0v) is 8.26. The van der Waals surface area contributed by atoms with Crippen LogP contribution in [0.25, 0.3) is 0 Å². The molecular formula is C9H16N2O2. The standard InChI is InChI=1S/C9H16N2O2/c1-9(2,3)13-8(12)7-5-4-6-10-11-7/h4,6-7,10-11H,5H2,1-3H3/t7-/m0/s1. The molecule has 0 aromatic heterocycles. The zero-order chi connectivity index (χ0) is 9.90. The van der Waals surface area contributed by atoms with Crippen molar-refractivity contribution in [1.29, 1.82) is 0 Å². The smallest absolute Gasteiger partial charge is 0.325 e. The number of ether oxygens (including phenoxy) is 1. The van der Waals surface area contributed by atoms with Crippen LogP contribution in [0.15, 0.2) is 12.3 Å². The number of carbonyl (C=O) groups is 1. The SMILES string of the molecule is CC(C)(C)OC(=O)[C@@H]1CC=CNN1. The number of nitrogens with one attached hydrogen (secondary N) is 2. The molecule has 0 spiro atoms. The van der Waals surface area contributed by atoms with Gasteiger partial charge in [-0.1, -0.05) is 6.08 Å². The second-order valence-electron chi connectivity index (χ2n) is 4.01. The van der Waals surface area contributed by atoms with Gasteiger partial charge in [-0.05, 0) is 27.2 Å². The van der Waals surface area contributed by atoms with Gasteiger partial charge in [-0.3, -0.25) is 4.79 Å². The van der Waals surface area contributed by atoms with Crippen molar-refractivity contribution in [2.45, 2.75) is 38.8 Å². The molecule has 1 rings (SSSR count). The van der Waals surface area contributed by atoms with Gasteiger partial charge in [-0.25, -0.2) is 5.43 Å². The fourth-order valence-corrected chi connectivity index (χ4v) is 0.999. The molecule has 0 aliphatic carbocycles. The van der Waals surface area contributed by atoms with E-state index in [1.54, 1.807) is 6.20 Å². The van der Waals surface area contributed by atoms with Gasteiger partial charge in [0.1, 0.15) is 11.6 Å². The first-order valence-corrected chi connectivity index (χ1v) is 4.38. The van der Waals surface area contributed by atoms with Crippen LogP contribution in [0.5, 0.6) is 0 Å². The molecule has 4 heteroatoms. The van der Waals surface area contributed by atoms with Crippen LogP contribution in [0.4, 0.5) is 0 Å². The predicted molar refractivity (Wildman–Crippen MR) is 49.7 cm³/mol. The van der Waals surface area contributed by atoms with Crippen molar-refractivity contribution in [1.82, 2.24) is 10.9 Å². The summed E-state index contributed by atoms with van der Waals surface area (Å²) in [7, 11) is 0. The third-order valence-electron chi connectivity index (χ3n) is 1.52. The monoisotopic (exact) mass is 184 g/mol. The summed E-state index contributed by atoms with van der Waals surface area (Å²) in [5, 5.41) is 0. The molecule has 1 atom stereocenters. The molecule has 74 valence electrons. The van der Waals surface area contributed by atoms with E-state index in [0.717, 1.165) is 0 Å². The Morgan fingerprint density at radius 2 is 2.23 bits per heavy atom. The maximum absolute atomic E-state index is 11.5. The Labute approximate surface area is 78.3 Å². The normalized spacial score (nSPS) is 22.2. The lowest BCUT2D eigenvalue weighted by molar-refractivity contribution is -0.157. The highest BCUT2D eigenvalue weighted by atomic mass is 16.6. The summed E-state index contributed by atoms with van der Waals surface area (Å²) in [6, 6.07) is -0.274. The van der Waals surface area contributed by atoms with Crippen LogP contribution in [0.1, 0.15) is 27.2 Å². The van der Waals surface area contributed by atoms with E-state index in [1.807, 2.05) is 26.8 Å². The minimum absolute atomic E-state index is 0.218. The number of hydrogen-bond acceptors (Lipinski definition) is 4. The number of esters is 1. The third-order valence-corrected chi connectivity index (χ3v) is 1.52. The molecule has 0 fully saturated rings. The van der Waals surface area contributed by atoms with Crippen molar-refractivity contribution < 1.29 is 9.53 Å². The summed E-state index contributed by atoms with van der Waals surface area (Å²) >= 11 is 0. The Kier molecular flexibility index (Phi) is 2.93. The highest BCUT2D eigenvalue weighted by Crippen LogP contribution is 2.10. The largest absolute Gasteiger partial charge is 0.459 e. The van der Waals surface area contributed by atoms with Gasteiger partial charge >= 0.3 is 5.97 Å². The average molecular weight is 184 g/mol. The van der Waals surface area contributed by atoms with E-state index in [0.29, 0.717) is 6.42 Å². The Bertz CT molecular complexity index is 218. The van der Waals surface area contributed by atoms with E-state index >= 15 is 0 Å². The summed E-state index contributed by atoms with van der Waals surface area (Å²) in [5.74, 6) is -0.218. The maximum atomic E-state index is 11.5. The summed E-state index contributed by atoms with van der Waals surface area (Å²) in [5.41, 5.74) is 5.18. The van der Waals surface area contributed by atoms with E-state index in [1.165, 1.54) is 0 Å². The Hall–Kier alpha value is -1.03. The van der Waals surface area contributed by atoms with E-state index in [9.17, 15) is 4.79 Å². The fraction of sp³-hybridized carbons (Fsp3) is 0.667. The van der Waals surface area contributed by atoms with Gasteiger partial charge < -0.3 is 10.2 Å². The van der Waals surface area contributed by atoms with Crippen LogP contribution in [0.2, 0.25) is 0 Å². The van der Waals surface area contributed by atoms with Crippen LogP contribution in [0, 0.1) is 0 Å². The molecule has 0 amide bonds. The van der Waals surface area contributed by atoms with Crippen molar-refractivity contribution >= 4 is 5.97 Å². The van der Waals surface area contributed by atoms with Gasteiger partial charge in [0.15, 0.2) is 0 Å². The van der Waals surface area contributed by atoms with E-state index in [2.05, 4.69) is 10.9 Å². The van der Waals surface area contributed by atoms with Gasteiger partial charge in [0, 0.05) is 6.20 Å². The summed E-state index contributed by atoms with van der Waals surface area (Å²) in [6.45, 7) is 5.57. The van der Waals surface area contributed by atoms with Crippen molar-refractivity contribution in [2.24, 2.45) is 0 Å². The summed E-state index contributed by atoms with van der Waals surface area (Å²) in [4.78, 5) is 11.5. The Morgan fingerprint density at radius 1 is 1.54 bits per heavy atom. The third kappa shape index (κ3) is 3.46. The molecule has 0 unspecified atom stereocenters. The molecule has 0 aromatic carbocycles. The second-order valence-corrected chi connectivity index (χ2v) is 4.01. The minimum Gasteiger partial charge on any atom is -0.459 e. The molecule has 2 N–H and O–H groups in total. The number of rotatable bonds is 1. The van der Waals surface area contributed by atoms with Gasteiger partial charge in [-0.15, -0.1) is 0 Å². The molecule has 0 aromatic rings. The van der Waals surface area contributed by atoms with Gasteiger partial charge in [0.25, 0.3) is 0 Å². The molecular weight excluding hydrogens is 168 g/mol. The Balaban J connectivity index is 2.43. The van der Waals surface area contributed by atoms with Crippen LogP contribution in [0.3, 0.4) is 0 Å². The quantitative estimate of drug-likeness (QED) is 0.589. The molecule has 0 bridgehead atoms. The molecule has 13 heavy (non-hydrogen) atoms. The number of hydrogen-bond donors (Lipinski definition) is 2. The van der Waals surface area contributed by atoms with Crippen LogP contribution in [-0.2, 0) is 9.53 Å². The highest BCUT2D eigenvalue weighted by Gasteiger charge is 2.24. The van der Waals surface area contributed by atoms with E-state index in [4.69, 9.17) is 4.74 Å². The van der Waals surface area contributed by atoms with Crippen molar-refractivity contribution in [3.8, 4) is 0 Å². The fourth-order valence-electron chi connectivity index (χ4n) is 0.999. The Morgan fingerprint density at radius 3 is 2.69 bits per heavy atom. The summed E-state index contributed by atoms with van der Waals surface area (Å²) < 4.78 is 5.20. The molecule has 0 saturated heterocycles. The first-order chi connectivity index (χ1) is 5.99. The average Bonchev–Trinajstić information content (AvgIpc) is 2.03. The number of carbonyl (C=O) groups excluding carboxylic acids is 1. The summed E-state index contributed by atoms with van der Waals surface area (Å²) in [6.07, 6.45) is 4.33. The number of hydrazine groups is 1. The molecule has 0 radical (unpaired) electrons. The molecule has 1 heterocycles. The zero-order valence-electron chi connectivity index (χ0n) is 8.26. The minimum atomic E-state index is -0.417. The second kappa shape index (κ2) is 3.79. The first-order valence-electron chi connectivity index (χ1n) is 4.38. The van der Waals surface area contributed by atoms with Gasteiger partial charge in [0.05, 0.1) is 0 Å². The van der Waals surface area contributed by atoms with Crippen molar-refractivity contribution in [3.05, 3.63) is 12.3 Å². The first kappa shape index (κ1) is 10.1. The maximum Gasteiger partial charge on any atom is 0.325 e. The topological polar surface area (TPSA) is 50.4 Å². The molecule has 4 nitrogen and oxygen atoms in total. The van der Waals surface area contributed by atoms with Crippen LogP contribution in [-0.4, -0.2) is 17.6 Å².